The van der Waals surface area contributed by atoms with Gasteiger partial charge in [0.25, 0.3) is 0 Å². The molecule has 0 spiro atoms. The lowest BCUT2D eigenvalue weighted by molar-refractivity contribution is 0.482. The maximum absolute atomic E-state index is 6.09. The Morgan fingerprint density at radius 3 is 2.62 bits per heavy atom. The Morgan fingerprint density at radius 2 is 1.76 bits per heavy atom. The molecule has 4 rings (SSSR count). The first-order chi connectivity index (χ1) is 10.2. The molecular weight excluding hydrogens is 260 g/mol. The van der Waals surface area contributed by atoms with Crippen LogP contribution in [-0.4, -0.2) is 14.1 Å². The van der Waals surface area contributed by atoms with Gasteiger partial charge in [0.1, 0.15) is 0 Å². The zero-order valence-corrected chi connectivity index (χ0v) is 12.1. The minimum Gasteiger partial charge on any atom is -0.453 e. The van der Waals surface area contributed by atoms with Crippen molar-refractivity contribution in [2.75, 3.05) is 24.3 Å². The van der Waals surface area contributed by atoms with Crippen LogP contribution in [0.3, 0.4) is 0 Å². The van der Waals surface area contributed by atoms with E-state index in [1.54, 1.807) is 0 Å². The minimum absolute atomic E-state index is 0.865. The van der Waals surface area contributed by atoms with E-state index < -0.39 is 0 Å². The third-order valence-electron chi connectivity index (χ3n) is 3.85. The molecule has 3 heteroatoms. The monoisotopic (exact) mass is 276 g/mol. The fraction of sp³-hybridized carbons (Fsp3) is 0.111. The summed E-state index contributed by atoms with van der Waals surface area (Å²) in [5.74, 6) is 1.74. The van der Waals surface area contributed by atoms with Crippen molar-refractivity contribution in [1.82, 2.24) is 0 Å². The summed E-state index contributed by atoms with van der Waals surface area (Å²) in [7, 11) is 4.05. The molecule has 1 aliphatic rings. The van der Waals surface area contributed by atoms with Crippen LogP contribution in [0.25, 0.3) is 10.8 Å². The second kappa shape index (κ2) is 4.42. The van der Waals surface area contributed by atoms with Gasteiger partial charge in [0.05, 0.1) is 11.4 Å². The van der Waals surface area contributed by atoms with E-state index in [1.807, 2.05) is 20.2 Å². The number of benzene rings is 3. The Morgan fingerprint density at radius 1 is 0.905 bits per heavy atom. The van der Waals surface area contributed by atoms with Crippen molar-refractivity contribution in [1.29, 1.82) is 0 Å². The van der Waals surface area contributed by atoms with Crippen molar-refractivity contribution in [3.63, 3.8) is 0 Å². The molecular formula is C18H16N2O. The van der Waals surface area contributed by atoms with Crippen LogP contribution in [0.2, 0.25) is 0 Å². The molecule has 0 unspecified atom stereocenters. The van der Waals surface area contributed by atoms with E-state index in [2.05, 4.69) is 58.7 Å². The zero-order chi connectivity index (χ0) is 14.4. The highest BCUT2D eigenvalue weighted by molar-refractivity contribution is 6.00. The lowest BCUT2D eigenvalue weighted by Crippen LogP contribution is -2.10. The molecule has 0 bridgehead atoms. The molecule has 3 nitrogen and oxygen atoms in total. The highest BCUT2D eigenvalue weighted by atomic mass is 16.5. The number of nitrogens with zero attached hydrogens (tertiary/aromatic N) is 1. The minimum atomic E-state index is 0.865. The van der Waals surface area contributed by atoms with Gasteiger partial charge in [-0.05, 0) is 23.6 Å². The molecule has 0 aromatic heterocycles. The highest BCUT2D eigenvalue weighted by Gasteiger charge is 2.19. The Kier molecular flexibility index (Phi) is 2.54. The summed E-state index contributed by atoms with van der Waals surface area (Å²) in [4.78, 5) is 2.07. The number of nitrogens with one attached hydrogen (secondary N) is 1. The number of fused-ring (bicyclic) bond motifs is 4. The van der Waals surface area contributed by atoms with Gasteiger partial charge in [-0.25, -0.2) is 0 Å². The normalized spacial score (nSPS) is 12.1. The van der Waals surface area contributed by atoms with Gasteiger partial charge >= 0.3 is 0 Å². The molecule has 0 fully saturated rings. The van der Waals surface area contributed by atoms with E-state index in [0.717, 1.165) is 28.6 Å². The number of hydrogen-bond acceptors (Lipinski definition) is 3. The van der Waals surface area contributed by atoms with Crippen LogP contribution in [0.5, 0.6) is 11.5 Å². The fourth-order valence-electron chi connectivity index (χ4n) is 2.70. The molecule has 0 saturated carbocycles. The van der Waals surface area contributed by atoms with Gasteiger partial charge in [-0.3, -0.25) is 0 Å². The summed E-state index contributed by atoms with van der Waals surface area (Å²) in [6.45, 7) is 0. The second-order valence-corrected chi connectivity index (χ2v) is 5.46. The largest absolute Gasteiger partial charge is 0.453 e. The summed E-state index contributed by atoms with van der Waals surface area (Å²) in [6.07, 6.45) is 0. The van der Waals surface area contributed by atoms with Gasteiger partial charge in [0, 0.05) is 31.2 Å². The molecule has 104 valence electrons. The first kappa shape index (κ1) is 12.1. The van der Waals surface area contributed by atoms with Crippen molar-refractivity contribution in [3.05, 3.63) is 54.6 Å². The van der Waals surface area contributed by atoms with E-state index in [9.17, 15) is 0 Å². The predicted molar refractivity (Wildman–Crippen MR) is 88.1 cm³/mol. The first-order valence-electron chi connectivity index (χ1n) is 7.00. The fourth-order valence-corrected chi connectivity index (χ4v) is 2.70. The average Bonchev–Trinajstić information content (AvgIpc) is 2.52. The van der Waals surface area contributed by atoms with Crippen molar-refractivity contribution in [2.45, 2.75) is 0 Å². The molecule has 3 aromatic rings. The molecule has 1 aliphatic heterocycles. The quantitative estimate of drug-likeness (QED) is 0.542. The molecule has 0 aliphatic carbocycles. The van der Waals surface area contributed by atoms with Gasteiger partial charge in [-0.2, -0.15) is 0 Å². The zero-order valence-electron chi connectivity index (χ0n) is 12.1. The summed E-state index contributed by atoms with van der Waals surface area (Å²) in [5, 5.41) is 5.89. The van der Waals surface area contributed by atoms with Crippen LogP contribution in [0, 0.1) is 0 Å². The summed E-state index contributed by atoms with van der Waals surface area (Å²) >= 11 is 0. The maximum Gasteiger partial charge on any atom is 0.153 e. The van der Waals surface area contributed by atoms with Gasteiger partial charge in [-0.1, -0.05) is 30.3 Å². The summed E-state index contributed by atoms with van der Waals surface area (Å²) < 4.78 is 6.09. The predicted octanol–water partition coefficient (Wildman–Crippen LogP) is 4.76. The topological polar surface area (TPSA) is 24.5 Å². The third-order valence-corrected chi connectivity index (χ3v) is 3.85. The number of ether oxygens (including phenoxy) is 1. The summed E-state index contributed by atoms with van der Waals surface area (Å²) in [6, 6.07) is 18.7. The Hall–Kier alpha value is -2.68. The Labute approximate surface area is 123 Å². The number of anilines is 3. The molecule has 1 N–H and O–H groups in total. The van der Waals surface area contributed by atoms with Crippen LogP contribution in [0.15, 0.2) is 54.6 Å². The molecule has 0 saturated heterocycles. The van der Waals surface area contributed by atoms with Crippen LogP contribution in [0.1, 0.15) is 0 Å². The summed E-state index contributed by atoms with van der Waals surface area (Å²) in [5.41, 5.74) is 3.17. The number of hydrogen-bond donors (Lipinski definition) is 1. The van der Waals surface area contributed by atoms with Crippen molar-refractivity contribution >= 4 is 27.8 Å². The van der Waals surface area contributed by atoms with Crippen LogP contribution >= 0.6 is 0 Å². The van der Waals surface area contributed by atoms with E-state index >= 15 is 0 Å². The van der Waals surface area contributed by atoms with Crippen molar-refractivity contribution in [2.24, 2.45) is 0 Å². The van der Waals surface area contributed by atoms with E-state index in [0.29, 0.717) is 0 Å². The molecule has 0 atom stereocenters. The second-order valence-electron chi connectivity index (χ2n) is 5.46. The lowest BCUT2D eigenvalue weighted by Gasteiger charge is -2.24. The van der Waals surface area contributed by atoms with Gasteiger partial charge < -0.3 is 15.0 Å². The van der Waals surface area contributed by atoms with Crippen molar-refractivity contribution in [3.8, 4) is 11.5 Å². The van der Waals surface area contributed by atoms with Crippen LogP contribution < -0.4 is 15.0 Å². The van der Waals surface area contributed by atoms with Gasteiger partial charge in [-0.15, -0.1) is 0 Å². The molecule has 1 heterocycles. The Balaban J connectivity index is 1.85. The first-order valence-corrected chi connectivity index (χ1v) is 7.00. The van der Waals surface area contributed by atoms with E-state index in [-0.39, 0.29) is 0 Å². The van der Waals surface area contributed by atoms with Crippen molar-refractivity contribution < 1.29 is 4.74 Å². The number of rotatable bonds is 1. The SMILES string of the molecule is CN(C)c1ccc2c(c1)Oc1ccc3ccccc3c1N2. The van der Waals surface area contributed by atoms with Gasteiger partial charge in [0.2, 0.25) is 0 Å². The van der Waals surface area contributed by atoms with Crippen LogP contribution in [-0.2, 0) is 0 Å². The van der Waals surface area contributed by atoms with E-state index in [1.165, 1.54) is 10.8 Å². The van der Waals surface area contributed by atoms with Gasteiger partial charge in [0.15, 0.2) is 11.5 Å². The highest BCUT2D eigenvalue weighted by Crippen LogP contribution is 2.46. The third kappa shape index (κ3) is 1.89. The van der Waals surface area contributed by atoms with Crippen LogP contribution in [0.4, 0.5) is 17.1 Å². The molecule has 3 aromatic carbocycles. The average molecular weight is 276 g/mol. The maximum atomic E-state index is 6.09. The standard InChI is InChI=1S/C18H16N2O/c1-20(2)13-8-9-15-17(11-13)21-16-10-7-12-5-3-4-6-14(12)18(16)19-15/h3-11,19H,1-2H3. The smallest absolute Gasteiger partial charge is 0.153 e. The molecule has 0 amide bonds. The van der Waals surface area contributed by atoms with E-state index in [4.69, 9.17) is 4.74 Å². The Bertz CT molecular complexity index is 840. The lowest BCUT2D eigenvalue weighted by atomic mass is 10.1. The molecule has 0 radical (unpaired) electrons. The molecule has 21 heavy (non-hydrogen) atoms.